The van der Waals surface area contributed by atoms with Gasteiger partial charge in [0.05, 0.1) is 5.02 Å². The van der Waals surface area contributed by atoms with Crippen LogP contribution in [0.3, 0.4) is 0 Å². The molecule has 2 aromatic rings. The minimum Gasteiger partial charge on any atom is -0.456 e. The molecule has 0 aliphatic carbocycles. The zero-order chi connectivity index (χ0) is 19.6. The van der Waals surface area contributed by atoms with Crippen molar-refractivity contribution in [1.29, 1.82) is 0 Å². The van der Waals surface area contributed by atoms with E-state index in [0.717, 1.165) is 0 Å². The first-order valence-corrected chi connectivity index (χ1v) is 8.28. The Morgan fingerprint density at radius 2 is 1.81 bits per heavy atom. The third-order valence-corrected chi connectivity index (χ3v) is 3.75. The SMILES string of the molecule is CC1(C)OC(=O)C(=CNc2ccc(Oc3cccc(F)c3)c(Cl)c2)C(=O)O1. The van der Waals surface area contributed by atoms with Gasteiger partial charge in [-0.15, -0.1) is 0 Å². The second-order valence-corrected chi connectivity index (χ2v) is 6.49. The summed E-state index contributed by atoms with van der Waals surface area (Å²) in [6.45, 7) is 2.92. The van der Waals surface area contributed by atoms with Crippen LogP contribution in [0, 0.1) is 5.82 Å². The van der Waals surface area contributed by atoms with Gasteiger partial charge in [-0.2, -0.15) is 0 Å². The molecule has 1 fully saturated rings. The lowest BCUT2D eigenvalue weighted by Gasteiger charge is -2.29. The Labute approximate surface area is 159 Å². The van der Waals surface area contributed by atoms with Crippen LogP contribution in [0.1, 0.15) is 13.8 Å². The second kappa shape index (κ2) is 7.28. The fraction of sp³-hybridized carbons (Fsp3) is 0.158. The molecule has 140 valence electrons. The number of nitrogens with one attached hydrogen (secondary N) is 1. The summed E-state index contributed by atoms with van der Waals surface area (Å²) in [5.41, 5.74) is 0.218. The third-order valence-electron chi connectivity index (χ3n) is 3.46. The fourth-order valence-electron chi connectivity index (χ4n) is 2.26. The summed E-state index contributed by atoms with van der Waals surface area (Å²) in [7, 11) is 0. The van der Waals surface area contributed by atoms with Crippen molar-refractivity contribution in [2.24, 2.45) is 0 Å². The van der Waals surface area contributed by atoms with Gasteiger partial charge in [0.25, 0.3) is 5.79 Å². The Balaban J connectivity index is 1.73. The van der Waals surface area contributed by atoms with Crippen molar-refractivity contribution < 1.29 is 28.2 Å². The lowest BCUT2D eigenvalue weighted by Crippen LogP contribution is -2.42. The topological polar surface area (TPSA) is 73.9 Å². The van der Waals surface area contributed by atoms with Crippen molar-refractivity contribution in [2.75, 3.05) is 5.32 Å². The number of carbonyl (C=O) groups is 2. The van der Waals surface area contributed by atoms with E-state index in [1.54, 1.807) is 18.2 Å². The van der Waals surface area contributed by atoms with E-state index in [1.807, 2.05) is 0 Å². The van der Waals surface area contributed by atoms with Crippen LogP contribution < -0.4 is 10.1 Å². The van der Waals surface area contributed by atoms with Gasteiger partial charge in [0, 0.05) is 31.8 Å². The number of halogens is 2. The summed E-state index contributed by atoms with van der Waals surface area (Å²) in [6, 6.07) is 10.3. The molecule has 8 heteroatoms. The van der Waals surface area contributed by atoms with Crippen LogP contribution in [0.4, 0.5) is 10.1 Å². The molecule has 1 heterocycles. The van der Waals surface area contributed by atoms with E-state index >= 15 is 0 Å². The molecule has 0 spiro atoms. The number of anilines is 1. The summed E-state index contributed by atoms with van der Waals surface area (Å²) >= 11 is 6.17. The second-order valence-electron chi connectivity index (χ2n) is 6.09. The molecule has 1 saturated heterocycles. The molecule has 3 rings (SSSR count). The van der Waals surface area contributed by atoms with Crippen LogP contribution in [0.5, 0.6) is 11.5 Å². The van der Waals surface area contributed by atoms with Crippen molar-refractivity contribution in [1.82, 2.24) is 0 Å². The molecule has 1 aliphatic rings. The number of carbonyl (C=O) groups excluding carboxylic acids is 2. The molecule has 0 unspecified atom stereocenters. The van der Waals surface area contributed by atoms with Crippen LogP contribution in [-0.2, 0) is 19.1 Å². The van der Waals surface area contributed by atoms with Crippen molar-refractivity contribution >= 4 is 29.2 Å². The maximum Gasteiger partial charge on any atom is 0.350 e. The third kappa shape index (κ3) is 4.57. The molecule has 0 radical (unpaired) electrons. The van der Waals surface area contributed by atoms with Gasteiger partial charge in [0.2, 0.25) is 0 Å². The van der Waals surface area contributed by atoms with E-state index in [9.17, 15) is 14.0 Å². The predicted octanol–water partition coefficient (Wildman–Crippen LogP) is 4.40. The van der Waals surface area contributed by atoms with E-state index in [0.29, 0.717) is 17.2 Å². The largest absolute Gasteiger partial charge is 0.456 e. The van der Waals surface area contributed by atoms with Gasteiger partial charge in [0.15, 0.2) is 5.57 Å². The van der Waals surface area contributed by atoms with Gasteiger partial charge in [-0.25, -0.2) is 14.0 Å². The number of ether oxygens (including phenoxy) is 3. The van der Waals surface area contributed by atoms with E-state index in [1.165, 1.54) is 44.3 Å². The van der Waals surface area contributed by atoms with Gasteiger partial charge in [-0.3, -0.25) is 0 Å². The van der Waals surface area contributed by atoms with Gasteiger partial charge in [0.1, 0.15) is 17.3 Å². The van der Waals surface area contributed by atoms with Crippen LogP contribution in [0.2, 0.25) is 5.02 Å². The molecule has 6 nitrogen and oxygen atoms in total. The zero-order valence-electron chi connectivity index (χ0n) is 14.4. The summed E-state index contributed by atoms with van der Waals surface area (Å²) < 4.78 is 28.7. The van der Waals surface area contributed by atoms with Crippen molar-refractivity contribution in [3.63, 3.8) is 0 Å². The first-order chi connectivity index (χ1) is 12.7. The smallest absolute Gasteiger partial charge is 0.350 e. The number of benzene rings is 2. The average molecular weight is 392 g/mol. The predicted molar refractivity (Wildman–Crippen MR) is 95.9 cm³/mol. The normalized spacial score (nSPS) is 15.6. The monoisotopic (exact) mass is 391 g/mol. The molecule has 0 bridgehead atoms. The maximum atomic E-state index is 13.2. The van der Waals surface area contributed by atoms with Gasteiger partial charge >= 0.3 is 11.9 Å². The summed E-state index contributed by atoms with van der Waals surface area (Å²) in [5.74, 6) is -2.69. The van der Waals surface area contributed by atoms with E-state index in [-0.39, 0.29) is 10.6 Å². The minimum atomic E-state index is -1.30. The molecular formula is C19H15ClFNO5. The van der Waals surface area contributed by atoms with Crippen LogP contribution in [0.25, 0.3) is 0 Å². The van der Waals surface area contributed by atoms with Gasteiger partial charge in [-0.1, -0.05) is 17.7 Å². The van der Waals surface area contributed by atoms with Crippen molar-refractivity contribution in [3.05, 3.63) is 65.1 Å². The molecule has 27 heavy (non-hydrogen) atoms. The van der Waals surface area contributed by atoms with Gasteiger partial charge in [-0.05, 0) is 30.3 Å². The fourth-order valence-corrected chi connectivity index (χ4v) is 2.48. The molecule has 1 N–H and O–H groups in total. The lowest BCUT2D eigenvalue weighted by molar-refractivity contribution is -0.222. The molecule has 1 aliphatic heterocycles. The number of rotatable bonds is 4. The highest BCUT2D eigenvalue weighted by Crippen LogP contribution is 2.32. The van der Waals surface area contributed by atoms with Crippen molar-refractivity contribution in [3.8, 4) is 11.5 Å². The maximum absolute atomic E-state index is 13.2. The molecule has 0 amide bonds. The molecular weight excluding hydrogens is 377 g/mol. The number of esters is 2. The zero-order valence-corrected chi connectivity index (χ0v) is 15.2. The Morgan fingerprint density at radius 3 is 2.44 bits per heavy atom. The van der Waals surface area contributed by atoms with Crippen LogP contribution >= 0.6 is 11.6 Å². The van der Waals surface area contributed by atoms with E-state index in [4.69, 9.17) is 25.8 Å². The summed E-state index contributed by atoms with van der Waals surface area (Å²) in [6.07, 6.45) is 1.18. The summed E-state index contributed by atoms with van der Waals surface area (Å²) in [5, 5.41) is 3.03. The Hall–Kier alpha value is -3.06. The van der Waals surface area contributed by atoms with Crippen molar-refractivity contribution in [2.45, 2.75) is 19.6 Å². The van der Waals surface area contributed by atoms with E-state index in [2.05, 4.69) is 5.32 Å². The Kier molecular flexibility index (Phi) is 5.05. The highest BCUT2D eigenvalue weighted by Gasteiger charge is 2.38. The van der Waals surface area contributed by atoms with Gasteiger partial charge < -0.3 is 19.5 Å². The number of cyclic esters (lactones) is 2. The van der Waals surface area contributed by atoms with Crippen LogP contribution in [-0.4, -0.2) is 17.7 Å². The average Bonchev–Trinajstić information content (AvgIpc) is 2.55. The van der Waals surface area contributed by atoms with Crippen LogP contribution in [0.15, 0.2) is 54.2 Å². The highest BCUT2D eigenvalue weighted by molar-refractivity contribution is 6.32. The minimum absolute atomic E-state index is 0.248. The molecule has 2 aromatic carbocycles. The molecule has 0 saturated carbocycles. The first-order valence-electron chi connectivity index (χ1n) is 7.90. The Morgan fingerprint density at radius 1 is 1.11 bits per heavy atom. The Bertz CT molecular complexity index is 919. The molecule has 0 aromatic heterocycles. The quantitative estimate of drug-likeness (QED) is 0.473. The molecule has 0 atom stereocenters. The first kappa shape index (κ1) is 18.7. The highest BCUT2D eigenvalue weighted by atomic mass is 35.5. The standard InChI is InChI=1S/C19H15ClFNO5/c1-19(2)26-17(23)14(18(24)27-19)10-22-12-6-7-16(15(20)9-12)25-13-5-3-4-11(21)8-13/h3-10,22H,1-2H3. The summed E-state index contributed by atoms with van der Waals surface area (Å²) in [4.78, 5) is 23.8. The lowest BCUT2D eigenvalue weighted by atomic mass is 10.2. The number of hydrogen-bond donors (Lipinski definition) is 1. The van der Waals surface area contributed by atoms with E-state index < -0.39 is 23.5 Å². The number of hydrogen-bond acceptors (Lipinski definition) is 6.